The van der Waals surface area contributed by atoms with Crippen molar-refractivity contribution in [3.05, 3.63) is 240 Å². The predicted octanol–water partition coefficient (Wildman–Crippen LogP) is 7.25. The SMILES string of the molecule is CC1=CC(=Nc2c(N3CCN(C)CC3)nn3ccccc23)C(NCCO)=CC1=O.CN1CCN(c2nn3ccccc3c2N=C2C=C(Cl)C(O)=CC2=O)CC1.CN1CCN(c2nn3ccccc3c2N=C2C=C(OCCO)C(N)=CC2=N)CC1.CN1CCN(c2nn3ccccc3c2N=C2C=C3OCCNC3=CC2=O)CC1.CN1CCN(c2nn3ccccc3c2N=C2C=CC(=O)C=C2O)CC1. The largest absolute Gasteiger partial charge is 0.506 e. The van der Waals surface area contributed by atoms with E-state index in [-0.39, 0.29) is 70.9 Å². The molecule has 0 saturated carbocycles. The van der Waals surface area contributed by atoms with E-state index in [0.717, 1.165) is 216 Å². The van der Waals surface area contributed by atoms with Crippen LogP contribution in [0.2, 0.25) is 0 Å². The van der Waals surface area contributed by atoms with Crippen LogP contribution in [0.3, 0.4) is 0 Å². The second kappa shape index (κ2) is 42.4. The van der Waals surface area contributed by atoms with Gasteiger partial charge in [-0.2, -0.15) is 0 Å². The Bertz CT molecular complexity index is 6800. The summed E-state index contributed by atoms with van der Waals surface area (Å²) in [5.74, 6) is 3.92. The van der Waals surface area contributed by atoms with Gasteiger partial charge in [0.15, 0.2) is 40.7 Å². The molecule has 40 heteroatoms. The van der Waals surface area contributed by atoms with Crippen molar-refractivity contribution in [2.75, 3.05) is 230 Å². The molecule has 6 aliphatic heterocycles. The lowest BCUT2D eigenvalue weighted by molar-refractivity contribution is -0.111. The van der Waals surface area contributed by atoms with Crippen LogP contribution < -0.4 is 40.9 Å². The number of likely N-dealkylation sites (N-methyl/N-ethyl adjacent to an activating group) is 5. The molecule has 137 heavy (non-hydrogen) atoms. The number of ether oxygens (including phenoxy) is 2. The topological polar surface area (TPSA) is 422 Å². The average molecular weight is 1880 g/mol. The minimum Gasteiger partial charge on any atom is -0.506 e. The summed E-state index contributed by atoms with van der Waals surface area (Å²) in [7, 11) is 10.6. The molecule has 0 spiro atoms. The number of aromatic nitrogens is 10. The van der Waals surface area contributed by atoms with E-state index in [0.29, 0.717) is 82.4 Å². The summed E-state index contributed by atoms with van der Waals surface area (Å²) in [6, 6.07) is 29.2. The summed E-state index contributed by atoms with van der Waals surface area (Å²) in [5.41, 5.74) is 18.5. The van der Waals surface area contributed by atoms with Crippen LogP contribution in [0.25, 0.3) is 27.6 Å². The number of carbonyl (C=O) groups is 4. The number of nitrogens with zero attached hydrogens (tertiary/aromatic N) is 25. The number of hydrogen-bond acceptors (Lipinski definition) is 34. The standard InChI is InChI=1S/C21H26N6O2.C20H25N7O2.C20H22N6O2.C18H18ClN5O2.C18H19N5O2/c1-15-13-17(16(14-19(15)29)22-6-12-28)23-20-18-5-3-4-7-27(18)24-21(20)26-10-8-25(2)9-11-26;1-25-6-8-26(9-7-25)20-19(17-4-2-3-5-27(17)24-20)23-16-13-18(29-11-10-28)15(22)12-14(16)21;1-24-7-9-25(10-8-24)20-19(16-4-2-3-6-26(16)23-20)22-14-13-18-15(12-17(14)27)21-5-11-28-18;1-22-6-8-23(9-7-22)18-17(14-4-2-3-5-24(14)21-18)20-13-10-12(19)15(25)11-16(13)26;1-21-8-10-22(11-9-21)18-17(15-4-2-3-7-23(15)20-18)19-14-6-5-13(24)12-16(14)25/h3-5,7,13-14,22,28H,6,8-12H2,1-2H3;2-5,12-13,21,28H,6-11,22H2,1H3;2-4,6,12-13,21H,5,7-11H2,1H3;2-5,10-11,25H,6-9H2,1H3;2-7,12,25H,8-11H2,1H3. The molecule has 0 unspecified atom stereocenters. The molecule has 0 amide bonds. The van der Waals surface area contributed by atoms with Crippen molar-refractivity contribution in [1.82, 2.24) is 83.2 Å². The Balaban J connectivity index is 0.000000119. The Labute approximate surface area is 794 Å². The van der Waals surface area contributed by atoms with E-state index < -0.39 is 0 Å². The Morgan fingerprint density at radius 1 is 0.438 bits per heavy atom. The predicted molar refractivity (Wildman–Crippen MR) is 533 cm³/mol. The first-order chi connectivity index (χ1) is 66.5. The number of allylic oxidation sites excluding steroid dienone is 13. The molecule has 6 fully saturated rings. The number of rotatable bonds is 16. The number of morpholine rings is 1. The number of fused-ring (bicyclic) bond motifs is 6. The molecule has 0 aromatic carbocycles. The van der Waals surface area contributed by atoms with Gasteiger partial charge in [0, 0.05) is 211 Å². The Kier molecular flexibility index (Phi) is 29.1. The van der Waals surface area contributed by atoms with Crippen molar-refractivity contribution >= 4 is 154 Å². The van der Waals surface area contributed by atoms with Gasteiger partial charge in [0.25, 0.3) is 0 Å². The van der Waals surface area contributed by atoms with Crippen molar-refractivity contribution in [2.45, 2.75) is 6.92 Å². The molecular weight excluding hydrogens is 1770 g/mol. The van der Waals surface area contributed by atoms with Gasteiger partial charge < -0.3 is 95.3 Å². The third-order valence-corrected chi connectivity index (χ3v) is 24.9. The van der Waals surface area contributed by atoms with Crippen molar-refractivity contribution in [2.24, 2.45) is 30.7 Å². The molecule has 9 N–H and O–H groups in total. The van der Waals surface area contributed by atoms with Crippen LogP contribution in [0.4, 0.5) is 57.5 Å². The third-order valence-electron chi connectivity index (χ3n) is 24.6. The van der Waals surface area contributed by atoms with Gasteiger partial charge in [-0.05, 0) is 139 Å². The number of carbonyl (C=O) groups excluding carboxylic acids is 4. The molecular formula is C97H110ClN29O10. The molecule has 10 aromatic rings. The molecule has 0 bridgehead atoms. The summed E-state index contributed by atoms with van der Waals surface area (Å²) in [5, 5.41) is 76.2. The molecule has 0 radical (unpaired) electrons. The second-order valence-corrected chi connectivity index (χ2v) is 34.7. The lowest BCUT2D eigenvalue weighted by Gasteiger charge is -2.32. The maximum absolute atomic E-state index is 12.6. The van der Waals surface area contributed by atoms with Crippen LogP contribution in [0.15, 0.2) is 265 Å². The molecule has 16 heterocycles. The Morgan fingerprint density at radius 2 is 0.818 bits per heavy atom. The first-order valence-electron chi connectivity index (χ1n) is 45.6. The van der Waals surface area contributed by atoms with Gasteiger partial charge in [-0.1, -0.05) is 41.9 Å². The van der Waals surface area contributed by atoms with Crippen LogP contribution >= 0.6 is 11.6 Å². The van der Waals surface area contributed by atoms with E-state index in [2.05, 4.69) is 110 Å². The lowest BCUT2D eigenvalue weighted by Crippen LogP contribution is -2.44. The molecule has 0 atom stereocenters. The third kappa shape index (κ3) is 21.6. The van der Waals surface area contributed by atoms with Crippen LogP contribution in [-0.2, 0) is 28.7 Å². The van der Waals surface area contributed by atoms with Crippen LogP contribution in [0, 0.1) is 5.41 Å². The lowest BCUT2D eigenvalue weighted by atomic mass is 10.0. The van der Waals surface area contributed by atoms with Crippen LogP contribution in [0.1, 0.15) is 6.92 Å². The number of nitrogens with two attached hydrogens (primary N) is 1. The fourth-order valence-corrected chi connectivity index (χ4v) is 16.8. The van der Waals surface area contributed by atoms with Crippen LogP contribution in [0.5, 0.6) is 0 Å². The number of aliphatic imine (C=N–C) groups is 5. The fourth-order valence-electron chi connectivity index (χ4n) is 16.7. The van der Waals surface area contributed by atoms with E-state index in [1.54, 1.807) is 46.3 Å². The van der Waals surface area contributed by atoms with Crippen molar-refractivity contribution in [3.8, 4) is 0 Å². The van der Waals surface area contributed by atoms with E-state index in [1.165, 1.54) is 30.4 Å². The minimum absolute atomic E-state index is 0.0230. The highest BCUT2D eigenvalue weighted by Gasteiger charge is 2.33. The highest BCUT2D eigenvalue weighted by molar-refractivity contribution is 6.53. The van der Waals surface area contributed by atoms with Gasteiger partial charge in [-0.15, -0.1) is 25.5 Å². The van der Waals surface area contributed by atoms with Gasteiger partial charge in [0.1, 0.15) is 81.8 Å². The quantitative estimate of drug-likeness (QED) is 0.0348. The van der Waals surface area contributed by atoms with Gasteiger partial charge in [0.05, 0.1) is 80.1 Å². The maximum Gasteiger partial charge on any atom is 0.207 e. The zero-order valence-electron chi connectivity index (χ0n) is 77.2. The zero-order valence-corrected chi connectivity index (χ0v) is 77.9. The molecule has 5 aliphatic carbocycles. The first kappa shape index (κ1) is 93.9. The Hall–Kier alpha value is -14.8. The number of aliphatic hydroxyl groups is 4. The van der Waals surface area contributed by atoms with Gasteiger partial charge in [0.2, 0.25) is 11.6 Å². The summed E-state index contributed by atoms with van der Waals surface area (Å²) in [6.45, 7) is 21.7. The summed E-state index contributed by atoms with van der Waals surface area (Å²) in [6.07, 6.45) is 25.9. The van der Waals surface area contributed by atoms with E-state index >= 15 is 0 Å². The smallest absolute Gasteiger partial charge is 0.207 e. The highest BCUT2D eigenvalue weighted by atomic mass is 35.5. The first-order valence-corrected chi connectivity index (χ1v) is 45.9. The monoisotopic (exact) mass is 1880 g/mol. The number of ketones is 4. The number of halogens is 1. The normalized spacial score (nSPS) is 20.4. The maximum atomic E-state index is 12.6. The molecule has 10 aromatic heterocycles. The van der Waals surface area contributed by atoms with E-state index in [4.69, 9.17) is 72.7 Å². The molecule has 710 valence electrons. The van der Waals surface area contributed by atoms with Crippen molar-refractivity contribution in [1.29, 1.82) is 5.41 Å². The van der Waals surface area contributed by atoms with Crippen molar-refractivity contribution in [3.63, 3.8) is 0 Å². The highest BCUT2D eigenvalue weighted by Crippen LogP contribution is 2.41. The summed E-state index contributed by atoms with van der Waals surface area (Å²) < 4.78 is 20.2. The number of nitrogens with one attached hydrogen (secondary N) is 3. The van der Waals surface area contributed by atoms with Gasteiger partial charge in [-0.3, -0.25) is 24.6 Å². The second-order valence-electron chi connectivity index (χ2n) is 34.3. The van der Waals surface area contributed by atoms with Gasteiger partial charge in [-0.25, -0.2) is 47.5 Å². The summed E-state index contributed by atoms with van der Waals surface area (Å²) in [4.78, 5) is 94.7. The number of piperazine rings is 5. The summed E-state index contributed by atoms with van der Waals surface area (Å²) >= 11 is 5.96. The van der Waals surface area contributed by atoms with E-state index in [1.807, 2.05) is 136 Å². The minimum atomic E-state index is -0.383. The number of aliphatic hydroxyl groups excluding tert-OH is 4. The molecule has 39 nitrogen and oxygen atoms in total. The number of hydrogen-bond donors (Lipinski definition) is 8. The zero-order chi connectivity index (χ0) is 95.5. The van der Waals surface area contributed by atoms with E-state index in [9.17, 15) is 34.5 Å². The average Bonchev–Trinajstić information content (AvgIpc) is 1.65. The van der Waals surface area contributed by atoms with Gasteiger partial charge >= 0.3 is 0 Å². The number of pyridine rings is 5. The molecule has 6 saturated heterocycles. The molecule has 11 aliphatic rings. The van der Waals surface area contributed by atoms with Crippen LogP contribution in [-0.4, -0.2) is 356 Å². The fraction of sp³-hybridized carbons (Fsp3) is 0.330. The molecule has 21 rings (SSSR count). The number of anilines is 5. The van der Waals surface area contributed by atoms with Crippen molar-refractivity contribution < 1.29 is 49.1 Å². The Morgan fingerprint density at radius 3 is 1.21 bits per heavy atom.